The predicted molar refractivity (Wildman–Crippen MR) is 56.9 cm³/mol. The molecule has 6 N–H and O–H groups in total. The number of rotatable bonds is 5. The maximum Gasteiger partial charge on any atom is 0.312 e. The molecule has 6 heteroatoms. The molecule has 0 aromatic carbocycles. The van der Waals surface area contributed by atoms with Gasteiger partial charge in [0, 0.05) is 19.6 Å². The van der Waals surface area contributed by atoms with Crippen LogP contribution in [0.25, 0.3) is 0 Å². The molecule has 0 spiro atoms. The first kappa shape index (κ1) is 12.5. The summed E-state index contributed by atoms with van der Waals surface area (Å²) in [6.45, 7) is 5.78. The van der Waals surface area contributed by atoms with Gasteiger partial charge in [-0.3, -0.25) is 4.99 Å². The molecule has 82 valence electrons. The average Bonchev–Trinajstić information content (AvgIpc) is 2.08. The van der Waals surface area contributed by atoms with Crippen LogP contribution in [0, 0.1) is 5.92 Å². The van der Waals surface area contributed by atoms with E-state index in [1.807, 2.05) is 0 Å². The lowest BCUT2D eigenvalue weighted by Gasteiger charge is -2.06. The third kappa shape index (κ3) is 8.63. The molecule has 0 aliphatic heterocycles. The fourth-order valence-corrected chi connectivity index (χ4v) is 0.713. The monoisotopic (exact) mass is 201 g/mol. The summed E-state index contributed by atoms with van der Waals surface area (Å²) in [5.74, 6) is 0.879. The normalized spacial score (nSPS) is 11.5. The average molecular weight is 201 g/mol. The van der Waals surface area contributed by atoms with Crippen molar-refractivity contribution in [2.45, 2.75) is 13.8 Å². The topological polar surface area (TPSA) is 106 Å². The second-order valence-electron chi connectivity index (χ2n) is 3.34. The van der Waals surface area contributed by atoms with E-state index in [0.29, 0.717) is 31.5 Å². The minimum atomic E-state index is -0.538. The molecule has 0 heterocycles. The van der Waals surface area contributed by atoms with E-state index >= 15 is 0 Å². The van der Waals surface area contributed by atoms with Crippen molar-refractivity contribution in [2.24, 2.45) is 22.4 Å². The second kappa shape index (κ2) is 6.99. The molecule has 0 fully saturated rings. The van der Waals surface area contributed by atoms with E-state index in [1.54, 1.807) is 0 Å². The molecule has 0 aliphatic rings. The van der Waals surface area contributed by atoms with Crippen LogP contribution in [-0.2, 0) is 0 Å². The lowest BCUT2D eigenvalue weighted by atomic mass is 10.2. The molecular weight excluding hydrogens is 182 g/mol. The van der Waals surface area contributed by atoms with E-state index in [-0.39, 0.29) is 0 Å². The molecule has 0 aromatic heterocycles. The highest BCUT2D eigenvalue weighted by Gasteiger charge is 1.94. The van der Waals surface area contributed by atoms with Gasteiger partial charge in [0.15, 0.2) is 5.96 Å². The van der Waals surface area contributed by atoms with Crippen molar-refractivity contribution >= 4 is 12.0 Å². The van der Waals surface area contributed by atoms with Gasteiger partial charge in [0.2, 0.25) is 0 Å². The number of amides is 2. The van der Waals surface area contributed by atoms with Gasteiger partial charge in [-0.1, -0.05) is 13.8 Å². The van der Waals surface area contributed by atoms with Crippen LogP contribution in [0.4, 0.5) is 4.79 Å². The van der Waals surface area contributed by atoms with Gasteiger partial charge in [0.05, 0.1) is 0 Å². The van der Waals surface area contributed by atoms with E-state index < -0.39 is 6.03 Å². The minimum absolute atomic E-state index is 0.393. The fourth-order valence-electron chi connectivity index (χ4n) is 0.713. The zero-order valence-corrected chi connectivity index (χ0v) is 8.71. The fraction of sp³-hybridized carbons (Fsp3) is 0.750. The van der Waals surface area contributed by atoms with Gasteiger partial charge in [-0.05, 0) is 5.92 Å². The molecule has 0 aromatic rings. The first-order valence-electron chi connectivity index (χ1n) is 4.59. The summed E-state index contributed by atoms with van der Waals surface area (Å²) in [5, 5.41) is 5.28. The van der Waals surface area contributed by atoms with Crippen LogP contribution in [0.3, 0.4) is 0 Å². The third-order valence-corrected chi connectivity index (χ3v) is 1.36. The number of urea groups is 1. The number of carbonyl (C=O) groups excluding carboxylic acids is 1. The van der Waals surface area contributed by atoms with Gasteiger partial charge in [0.25, 0.3) is 0 Å². The highest BCUT2D eigenvalue weighted by molar-refractivity contribution is 5.77. The van der Waals surface area contributed by atoms with Crippen molar-refractivity contribution in [3.05, 3.63) is 0 Å². The molecule has 0 rings (SSSR count). The van der Waals surface area contributed by atoms with E-state index in [9.17, 15) is 4.79 Å². The summed E-state index contributed by atoms with van der Waals surface area (Å²) in [7, 11) is 0. The van der Waals surface area contributed by atoms with Crippen LogP contribution in [0.5, 0.6) is 0 Å². The summed E-state index contributed by atoms with van der Waals surface area (Å²) in [5.41, 5.74) is 10.4. The Hall–Kier alpha value is -1.46. The van der Waals surface area contributed by atoms with Gasteiger partial charge in [-0.15, -0.1) is 0 Å². The van der Waals surface area contributed by atoms with E-state index in [0.717, 1.165) is 0 Å². The molecular formula is C8H19N5O. The molecule has 14 heavy (non-hydrogen) atoms. The first-order chi connectivity index (χ1) is 6.52. The van der Waals surface area contributed by atoms with Crippen molar-refractivity contribution in [1.29, 1.82) is 0 Å². The van der Waals surface area contributed by atoms with Crippen LogP contribution in [0.2, 0.25) is 0 Å². The summed E-state index contributed by atoms with van der Waals surface area (Å²) in [6, 6.07) is -0.538. The van der Waals surface area contributed by atoms with Gasteiger partial charge in [-0.2, -0.15) is 0 Å². The Morgan fingerprint density at radius 1 is 1.29 bits per heavy atom. The maximum atomic E-state index is 10.3. The van der Waals surface area contributed by atoms with Crippen LogP contribution >= 0.6 is 0 Å². The molecule has 0 saturated carbocycles. The molecule has 0 atom stereocenters. The first-order valence-corrected chi connectivity index (χ1v) is 4.59. The van der Waals surface area contributed by atoms with Crippen molar-refractivity contribution in [3.63, 3.8) is 0 Å². The summed E-state index contributed by atoms with van der Waals surface area (Å²) >= 11 is 0. The van der Waals surface area contributed by atoms with Gasteiger partial charge >= 0.3 is 6.03 Å². The quantitative estimate of drug-likeness (QED) is 0.266. The van der Waals surface area contributed by atoms with Crippen LogP contribution in [0.15, 0.2) is 4.99 Å². The van der Waals surface area contributed by atoms with Gasteiger partial charge in [0.1, 0.15) is 0 Å². The standard InChI is InChI=1S/C8H19N5O/c1-6(2)5-13-7(9)11-3-4-12-8(10)14/h6H,3-5H2,1-2H3,(H3,9,11,13)(H3,10,12,14). The third-order valence-electron chi connectivity index (χ3n) is 1.36. The number of aliphatic imine (C=N–C) groups is 1. The number of nitrogens with one attached hydrogen (secondary N) is 2. The summed E-state index contributed by atoms with van der Waals surface area (Å²) in [6.07, 6.45) is 0. The molecule has 0 unspecified atom stereocenters. The number of nitrogens with zero attached hydrogens (tertiary/aromatic N) is 1. The number of hydrogen-bond acceptors (Lipinski definition) is 2. The molecule has 6 nitrogen and oxygen atoms in total. The number of guanidine groups is 1. The Kier molecular flexibility index (Phi) is 6.26. The number of nitrogens with two attached hydrogens (primary N) is 2. The Morgan fingerprint density at radius 2 is 1.86 bits per heavy atom. The zero-order chi connectivity index (χ0) is 11.0. The van der Waals surface area contributed by atoms with E-state index in [1.165, 1.54) is 0 Å². The Bertz CT molecular complexity index is 202. The van der Waals surface area contributed by atoms with E-state index in [2.05, 4.69) is 29.5 Å². The number of hydrogen-bond donors (Lipinski definition) is 4. The highest BCUT2D eigenvalue weighted by Crippen LogP contribution is 1.90. The number of carbonyl (C=O) groups is 1. The van der Waals surface area contributed by atoms with Crippen LogP contribution in [-0.4, -0.2) is 31.6 Å². The lowest BCUT2D eigenvalue weighted by Crippen LogP contribution is -2.40. The van der Waals surface area contributed by atoms with Crippen molar-refractivity contribution in [1.82, 2.24) is 10.6 Å². The summed E-state index contributed by atoms with van der Waals surface area (Å²) < 4.78 is 0. The predicted octanol–water partition coefficient (Wildman–Crippen LogP) is -0.785. The molecule has 2 amide bonds. The SMILES string of the molecule is CC(C)CN=C(N)NCCNC(N)=O. The number of primary amides is 1. The molecule has 0 bridgehead atoms. The van der Waals surface area contributed by atoms with Crippen molar-refractivity contribution in [3.8, 4) is 0 Å². The molecule has 0 radical (unpaired) electrons. The molecule has 0 aliphatic carbocycles. The highest BCUT2D eigenvalue weighted by atomic mass is 16.2. The van der Waals surface area contributed by atoms with Crippen LogP contribution in [0.1, 0.15) is 13.8 Å². The Balaban J connectivity index is 3.48. The lowest BCUT2D eigenvalue weighted by molar-refractivity contribution is 0.249. The largest absolute Gasteiger partial charge is 0.370 e. The van der Waals surface area contributed by atoms with Crippen molar-refractivity contribution in [2.75, 3.05) is 19.6 Å². The van der Waals surface area contributed by atoms with Gasteiger partial charge < -0.3 is 22.1 Å². The molecule has 0 saturated heterocycles. The minimum Gasteiger partial charge on any atom is -0.370 e. The zero-order valence-electron chi connectivity index (χ0n) is 8.71. The van der Waals surface area contributed by atoms with Crippen molar-refractivity contribution < 1.29 is 4.79 Å². The smallest absolute Gasteiger partial charge is 0.312 e. The Morgan fingerprint density at radius 3 is 2.36 bits per heavy atom. The van der Waals surface area contributed by atoms with Crippen LogP contribution < -0.4 is 22.1 Å². The van der Waals surface area contributed by atoms with E-state index in [4.69, 9.17) is 11.5 Å². The maximum absolute atomic E-state index is 10.3. The Labute approximate surface area is 84.1 Å². The summed E-state index contributed by atoms with van der Waals surface area (Å²) in [4.78, 5) is 14.4. The van der Waals surface area contributed by atoms with Gasteiger partial charge in [-0.25, -0.2) is 4.79 Å². The second-order valence-corrected chi connectivity index (χ2v) is 3.34.